The van der Waals surface area contributed by atoms with Crippen LogP contribution in [-0.2, 0) is 9.47 Å². The first kappa shape index (κ1) is 23.5. The molecular weight excluding hydrogens is 424 g/mol. The number of hydrogen-bond acceptors (Lipinski definition) is 10. The van der Waals surface area contributed by atoms with E-state index in [1.54, 1.807) is 0 Å². The number of hydrogen-bond donors (Lipinski definition) is 4. The van der Waals surface area contributed by atoms with E-state index in [0.717, 1.165) is 0 Å². The Bertz CT molecular complexity index is 958. The van der Waals surface area contributed by atoms with E-state index in [2.05, 4.69) is 0 Å². The van der Waals surface area contributed by atoms with E-state index in [0.29, 0.717) is 5.56 Å². The predicted octanol–water partition coefficient (Wildman–Crippen LogP) is 0.647. The number of aromatic hydroxyl groups is 1. The first-order chi connectivity index (χ1) is 15.2. The van der Waals surface area contributed by atoms with Gasteiger partial charge in [0.05, 0.1) is 12.7 Å². The molecule has 1 fully saturated rings. The number of rotatable bonds is 7. The van der Waals surface area contributed by atoms with Crippen LogP contribution in [0.25, 0.3) is 0 Å². The van der Waals surface area contributed by atoms with Gasteiger partial charge in [0.2, 0.25) is 6.29 Å². The number of Topliss-reactive ketones (excluding diaryl/α,β-unsaturated/α-hetero) is 1. The van der Waals surface area contributed by atoms with Gasteiger partial charge in [-0.3, -0.25) is 4.79 Å². The molecule has 3 rings (SSSR count). The van der Waals surface area contributed by atoms with Gasteiger partial charge in [-0.2, -0.15) is 0 Å². The molecular formula is C22H24O10. The molecule has 1 saturated heterocycles. The van der Waals surface area contributed by atoms with Crippen molar-refractivity contribution in [2.45, 2.75) is 37.6 Å². The van der Waals surface area contributed by atoms with Gasteiger partial charge in [-0.05, 0) is 49.4 Å². The molecule has 0 amide bonds. The number of carbonyl (C=O) groups excluding carboxylic acids is 2. The van der Waals surface area contributed by atoms with Gasteiger partial charge >= 0.3 is 5.97 Å². The second kappa shape index (κ2) is 9.96. The van der Waals surface area contributed by atoms with Gasteiger partial charge < -0.3 is 39.4 Å². The lowest BCUT2D eigenvalue weighted by Crippen LogP contribution is -2.60. The summed E-state index contributed by atoms with van der Waals surface area (Å²) >= 11 is 0. The van der Waals surface area contributed by atoms with E-state index < -0.39 is 43.3 Å². The van der Waals surface area contributed by atoms with Crippen LogP contribution < -0.4 is 9.47 Å². The van der Waals surface area contributed by atoms with Crippen LogP contribution in [0.15, 0.2) is 42.5 Å². The van der Waals surface area contributed by atoms with Crippen LogP contribution >= 0.6 is 0 Å². The summed E-state index contributed by atoms with van der Waals surface area (Å²) in [5.74, 6) is -0.607. The summed E-state index contributed by atoms with van der Waals surface area (Å²) < 4.78 is 21.5. The Morgan fingerprint density at radius 3 is 2.22 bits per heavy atom. The van der Waals surface area contributed by atoms with Gasteiger partial charge in [-0.1, -0.05) is 0 Å². The van der Waals surface area contributed by atoms with E-state index in [-0.39, 0.29) is 28.6 Å². The van der Waals surface area contributed by atoms with Crippen molar-refractivity contribution in [3.63, 3.8) is 0 Å². The maximum atomic E-state index is 12.2. The molecule has 4 N–H and O–H groups in total. The van der Waals surface area contributed by atoms with E-state index in [9.17, 15) is 30.0 Å². The smallest absolute Gasteiger partial charge is 0.338 e. The van der Waals surface area contributed by atoms with Gasteiger partial charge in [0.1, 0.15) is 36.8 Å². The van der Waals surface area contributed by atoms with Crippen molar-refractivity contribution in [1.29, 1.82) is 0 Å². The molecule has 10 heteroatoms. The molecule has 32 heavy (non-hydrogen) atoms. The predicted molar refractivity (Wildman–Crippen MR) is 109 cm³/mol. The first-order valence-corrected chi connectivity index (χ1v) is 9.72. The Kier molecular flexibility index (Phi) is 7.31. The first-order valence-electron chi connectivity index (χ1n) is 9.72. The monoisotopic (exact) mass is 448 g/mol. The number of carbonyl (C=O) groups is 2. The normalized spacial score (nSPS) is 25.1. The molecule has 1 aliphatic rings. The Morgan fingerprint density at radius 2 is 1.59 bits per heavy atom. The zero-order valence-corrected chi connectivity index (χ0v) is 17.4. The Morgan fingerprint density at radius 1 is 0.938 bits per heavy atom. The van der Waals surface area contributed by atoms with Crippen molar-refractivity contribution >= 4 is 11.8 Å². The minimum atomic E-state index is -1.64. The highest BCUT2D eigenvalue weighted by Gasteiger charge is 2.45. The van der Waals surface area contributed by atoms with Crippen molar-refractivity contribution in [3.05, 3.63) is 53.6 Å². The second-order valence-corrected chi connectivity index (χ2v) is 7.20. The van der Waals surface area contributed by atoms with E-state index in [1.807, 2.05) is 0 Å². The molecule has 0 bridgehead atoms. The highest BCUT2D eigenvalue weighted by molar-refractivity contribution is 5.94. The van der Waals surface area contributed by atoms with Gasteiger partial charge in [0, 0.05) is 5.56 Å². The van der Waals surface area contributed by atoms with Crippen LogP contribution in [0.5, 0.6) is 17.2 Å². The number of phenolic OH excluding ortho intramolecular Hbond substituents is 1. The third-order valence-electron chi connectivity index (χ3n) is 4.96. The van der Waals surface area contributed by atoms with Crippen LogP contribution in [0.3, 0.4) is 0 Å². The summed E-state index contributed by atoms with van der Waals surface area (Å²) in [5.41, 5.74) is 0.547. The molecule has 172 valence electrons. The number of aliphatic hydroxyl groups excluding tert-OH is 3. The molecule has 0 saturated carbocycles. The minimum absolute atomic E-state index is 0.0172. The summed E-state index contributed by atoms with van der Waals surface area (Å²) in [4.78, 5) is 23.7. The minimum Gasteiger partial charge on any atom is -0.508 e. The molecule has 0 radical (unpaired) electrons. The lowest BCUT2D eigenvalue weighted by Gasteiger charge is -2.40. The van der Waals surface area contributed by atoms with Crippen molar-refractivity contribution in [2.24, 2.45) is 0 Å². The molecule has 0 unspecified atom stereocenters. The quantitative estimate of drug-likeness (QED) is 0.351. The zero-order chi connectivity index (χ0) is 23.4. The van der Waals surface area contributed by atoms with Crippen molar-refractivity contribution in [2.75, 3.05) is 13.7 Å². The zero-order valence-electron chi connectivity index (χ0n) is 17.4. The van der Waals surface area contributed by atoms with Crippen LogP contribution in [0.4, 0.5) is 0 Å². The van der Waals surface area contributed by atoms with Gasteiger partial charge in [0.15, 0.2) is 17.3 Å². The lowest BCUT2D eigenvalue weighted by atomic mass is 9.99. The third kappa shape index (κ3) is 5.17. The maximum Gasteiger partial charge on any atom is 0.338 e. The number of ether oxygens (including phenoxy) is 4. The average Bonchev–Trinajstić information content (AvgIpc) is 2.78. The molecule has 0 spiro atoms. The topological polar surface area (TPSA) is 152 Å². The number of ketones is 1. The molecule has 10 nitrogen and oxygen atoms in total. The highest BCUT2D eigenvalue weighted by Crippen LogP contribution is 2.32. The fraction of sp³-hybridized carbons (Fsp3) is 0.364. The van der Waals surface area contributed by atoms with Crippen LogP contribution in [0.2, 0.25) is 0 Å². The van der Waals surface area contributed by atoms with E-state index in [1.165, 1.54) is 56.5 Å². The molecule has 5 atom stereocenters. The third-order valence-corrected chi connectivity index (χ3v) is 4.96. The number of methoxy groups -OCH3 is 1. The highest BCUT2D eigenvalue weighted by atomic mass is 16.7. The van der Waals surface area contributed by atoms with Gasteiger partial charge in [-0.15, -0.1) is 0 Å². The molecule has 0 aromatic heterocycles. The Hall–Kier alpha value is -3.18. The summed E-state index contributed by atoms with van der Waals surface area (Å²) in [5, 5.41) is 40.0. The van der Waals surface area contributed by atoms with E-state index >= 15 is 0 Å². The number of esters is 1. The molecule has 2 aromatic rings. The maximum absolute atomic E-state index is 12.2. The van der Waals surface area contributed by atoms with Crippen LogP contribution in [0, 0.1) is 0 Å². The number of aliphatic hydroxyl groups is 3. The fourth-order valence-corrected chi connectivity index (χ4v) is 3.10. The Labute approximate surface area is 183 Å². The molecule has 1 aliphatic heterocycles. The van der Waals surface area contributed by atoms with Gasteiger partial charge in [-0.25, -0.2) is 4.79 Å². The number of phenols is 1. The van der Waals surface area contributed by atoms with Crippen LogP contribution in [0.1, 0.15) is 27.6 Å². The van der Waals surface area contributed by atoms with Crippen molar-refractivity contribution in [3.8, 4) is 17.2 Å². The fourth-order valence-electron chi connectivity index (χ4n) is 3.10. The molecule has 1 heterocycles. The largest absolute Gasteiger partial charge is 0.508 e. The molecule has 2 aromatic carbocycles. The van der Waals surface area contributed by atoms with Gasteiger partial charge in [0.25, 0.3) is 0 Å². The lowest BCUT2D eigenvalue weighted by molar-refractivity contribution is -0.277. The SMILES string of the molecule is COc1cc(C(C)=O)ccc1O[C@@H]1O[C@H](COC(=O)c2ccc(O)cc2)[C@H](O)[C@H](O)[C@H]1O. The Balaban J connectivity index is 1.70. The average molecular weight is 448 g/mol. The van der Waals surface area contributed by atoms with Crippen LogP contribution in [-0.4, -0.2) is 76.6 Å². The number of benzene rings is 2. The summed E-state index contributed by atoms with van der Waals surface area (Å²) in [6.07, 6.45) is -7.45. The summed E-state index contributed by atoms with van der Waals surface area (Å²) in [6, 6.07) is 9.75. The second-order valence-electron chi connectivity index (χ2n) is 7.20. The standard InChI is InChI=1S/C22H24O10/c1-11(23)13-5-8-15(16(9-13)29-2)31-22-20(27)19(26)18(25)17(32-22)10-30-21(28)12-3-6-14(24)7-4-12/h3-9,17-20,22,24-27H,10H2,1-2H3/t17-,18+,19+,20-,22-/m1/s1. The summed E-state index contributed by atoms with van der Waals surface area (Å²) in [6.45, 7) is 0.954. The van der Waals surface area contributed by atoms with Crippen molar-refractivity contribution in [1.82, 2.24) is 0 Å². The molecule has 0 aliphatic carbocycles. The van der Waals surface area contributed by atoms with E-state index in [4.69, 9.17) is 18.9 Å². The summed E-state index contributed by atoms with van der Waals surface area (Å²) in [7, 11) is 1.37. The van der Waals surface area contributed by atoms with Crippen molar-refractivity contribution < 1.29 is 49.0 Å².